The molecule has 1 aliphatic rings. The van der Waals surface area contributed by atoms with Crippen LogP contribution in [-0.2, 0) is 4.79 Å². The van der Waals surface area contributed by atoms with Gasteiger partial charge in [0, 0.05) is 5.02 Å². The molecule has 1 aliphatic carbocycles. The number of hydrogen-bond donors (Lipinski definition) is 1. The smallest absolute Gasteiger partial charge is 0.307 e. The highest BCUT2D eigenvalue weighted by atomic mass is 35.5. The van der Waals surface area contributed by atoms with E-state index >= 15 is 0 Å². The Hall–Kier alpha value is -1.02. The first-order chi connectivity index (χ1) is 7.09. The Balaban J connectivity index is 2.30. The van der Waals surface area contributed by atoms with Gasteiger partial charge in [-0.05, 0) is 37.3 Å². The molecule has 0 aliphatic heterocycles. The molecule has 1 N–H and O–H groups in total. The summed E-state index contributed by atoms with van der Waals surface area (Å²) in [6.45, 7) is 1.99. The molecule has 0 spiro atoms. The van der Waals surface area contributed by atoms with Crippen LogP contribution in [0.3, 0.4) is 0 Å². The van der Waals surface area contributed by atoms with Crippen molar-refractivity contribution < 1.29 is 9.90 Å². The number of carboxylic acid groups (broad SMARTS) is 1. The minimum absolute atomic E-state index is 0.106. The first-order valence-corrected chi connectivity index (χ1v) is 5.46. The van der Waals surface area contributed by atoms with E-state index in [4.69, 9.17) is 16.7 Å². The number of carboxylic acids is 1. The molecule has 1 aromatic rings. The molecule has 2 unspecified atom stereocenters. The second kappa shape index (κ2) is 3.86. The Morgan fingerprint density at radius 1 is 1.47 bits per heavy atom. The molecule has 3 heteroatoms. The fourth-order valence-corrected chi connectivity index (χ4v) is 2.37. The third kappa shape index (κ3) is 1.86. The zero-order chi connectivity index (χ0) is 11.0. The van der Waals surface area contributed by atoms with Crippen LogP contribution >= 0.6 is 11.6 Å². The van der Waals surface area contributed by atoms with Crippen molar-refractivity contribution in [3.63, 3.8) is 0 Å². The maximum atomic E-state index is 10.9. The largest absolute Gasteiger partial charge is 0.481 e. The number of aliphatic carboxylic acids is 1. The zero-order valence-electron chi connectivity index (χ0n) is 8.53. The second-order valence-corrected chi connectivity index (χ2v) is 4.56. The number of benzene rings is 1. The zero-order valence-corrected chi connectivity index (χ0v) is 9.29. The molecule has 0 amide bonds. The number of aryl methyl sites for hydroxylation is 1. The predicted octanol–water partition coefficient (Wildman–Crippen LogP) is 3.23. The molecule has 15 heavy (non-hydrogen) atoms. The van der Waals surface area contributed by atoms with Crippen LogP contribution in [0.15, 0.2) is 18.2 Å². The summed E-state index contributed by atoms with van der Waals surface area (Å²) in [6.07, 6.45) is 1.70. The summed E-state index contributed by atoms with van der Waals surface area (Å²) in [5.74, 6) is -0.844. The van der Waals surface area contributed by atoms with Crippen LogP contribution < -0.4 is 0 Å². The molecule has 0 heterocycles. The number of carbonyl (C=O) groups is 1. The molecule has 0 aromatic heterocycles. The van der Waals surface area contributed by atoms with Gasteiger partial charge in [-0.2, -0.15) is 0 Å². The first kappa shape index (κ1) is 10.5. The van der Waals surface area contributed by atoms with Crippen molar-refractivity contribution in [2.45, 2.75) is 25.7 Å². The van der Waals surface area contributed by atoms with Crippen molar-refractivity contribution in [1.82, 2.24) is 0 Å². The standard InChI is InChI=1S/C12H13ClO2/c1-7-2-5-11(13)10(6-7)8-3-4-9(8)12(14)15/h2,5-6,8-9H,3-4H2,1H3,(H,14,15). The normalized spacial score (nSPS) is 24.7. The van der Waals surface area contributed by atoms with Crippen molar-refractivity contribution in [2.24, 2.45) is 5.92 Å². The number of halogens is 1. The van der Waals surface area contributed by atoms with E-state index in [1.807, 2.05) is 25.1 Å². The lowest BCUT2D eigenvalue weighted by molar-refractivity contribution is -0.145. The predicted molar refractivity (Wildman–Crippen MR) is 59.3 cm³/mol. The average Bonchev–Trinajstić information content (AvgIpc) is 2.08. The van der Waals surface area contributed by atoms with Crippen LogP contribution in [0.5, 0.6) is 0 Å². The van der Waals surface area contributed by atoms with E-state index in [0.29, 0.717) is 5.02 Å². The maximum Gasteiger partial charge on any atom is 0.307 e. The highest BCUT2D eigenvalue weighted by molar-refractivity contribution is 6.31. The lowest BCUT2D eigenvalue weighted by Gasteiger charge is -2.34. The van der Waals surface area contributed by atoms with Gasteiger partial charge < -0.3 is 5.11 Å². The summed E-state index contributed by atoms with van der Waals surface area (Å²) in [4.78, 5) is 10.9. The summed E-state index contributed by atoms with van der Waals surface area (Å²) in [7, 11) is 0. The van der Waals surface area contributed by atoms with E-state index in [-0.39, 0.29) is 11.8 Å². The molecule has 1 aromatic carbocycles. The van der Waals surface area contributed by atoms with Crippen molar-refractivity contribution in [2.75, 3.05) is 0 Å². The monoisotopic (exact) mass is 224 g/mol. The van der Waals surface area contributed by atoms with Gasteiger partial charge in [-0.3, -0.25) is 4.79 Å². The molecular formula is C12H13ClO2. The van der Waals surface area contributed by atoms with Crippen LogP contribution in [0.1, 0.15) is 29.9 Å². The Kier molecular flexibility index (Phi) is 2.70. The van der Waals surface area contributed by atoms with E-state index < -0.39 is 5.97 Å². The van der Waals surface area contributed by atoms with Gasteiger partial charge in [-0.1, -0.05) is 29.3 Å². The van der Waals surface area contributed by atoms with Gasteiger partial charge in [0.1, 0.15) is 0 Å². The van der Waals surface area contributed by atoms with Gasteiger partial charge in [0.05, 0.1) is 5.92 Å². The Morgan fingerprint density at radius 3 is 2.73 bits per heavy atom. The van der Waals surface area contributed by atoms with Gasteiger partial charge in [-0.25, -0.2) is 0 Å². The van der Waals surface area contributed by atoms with Crippen molar-refractivity contribution >= 4 is 17.6 Å². The van der Waals surface area contributed by atoms with Crippen molar-refractivity contribution in [3.8, 4) is 0 Å². The minimum atomic E-state index is -0.705. The highest BCUT2D eigenvalue weighted by Crippen LogP contribution is 2.45. The molecule has 2 atom stereocenters. The molecule has 1 fully saturated rings. The summed E-state index contributed by atoms with van der Waals surface area (Å²) in [5.41, 5.74) is 2.13. The van der Waals surface area contributed by atoms with E-state index in [0.717, 1.165) is 24.0 Å². The lowest BCUT2D eigenvalue weighted by Crippen LogP contribution is -2.31. The summed E-state index contributed by atoms with van der Waals surface area (Å²) in [6, 6.07) is 5.80. The van der Waals surface area contributed by atoms with Crippen LogP contribution in [-0.4, -0.2) is 11.1 Å². The van der Waals surface area contributed by atoms with E-state index in [1.165, 1.54) is 0 Å². The molecule has 0 radical (unpaired) electrons. The molecular weight excluding hydrogens is 212 g/mol. The van der Waals surface area contributed by atoms with Gasteiger partial charge in [-0.15, -0.1) is 0 Å². The number of rotatable bonds is 2. The fraction of sp³-hybridized carbons (Fsp3) is 0.417. The lowest BCUT2D eigenvalue weighted by atomic mass is 9.70. The van der Waals surface area contributed by atoms with Crippen molar-refractivity contribution in [3.05, 3.63) is 34.3 Å². The van der Waals surface area contributed by atoms with E-state index in [1.54, 1.807) is 0 Å². The first-order valence-electron chi connectivity index (χ1n) is 5.08. The van der Waals surface area contributed by atoms with Gasteiger partial charge in [0.15, 0.2) is 0 Å². The third-order valence-corrected chi connectivity index (χ3v) is 3.49. The maximum absolute atomic E-state index is 10.9. The summed E-state index contributed by atoms with van der Waals surface area (Å²) >= 11 is 6.08. The third-order valence-electron chi connectivity index (χ3n) is 3.14. The van der Waals surface area contributed by atoms with E-state index in [2.05, 4.69) is 0 Å². The van der Waals surface area contributed by atoms with Gasteiger partial charge in [0.2, 0.25) is 0 Å². The van der Waals surface area contributed by atoms with Crippen LogP contribution in [0.25, 0.3) is 0 Å². The Morgan fingerprint density at radius 2 is 2.20 bits per heavy atom. The van der Waals surface area contributed by atoms with Crippen LogP contribution in [0.4, 0.5) is 0 Å². The summed E-state index contributed by atoms with van der Waals surface area (Å²) in [5, 5.41) is 9.67. The van der Waals surface area contributed by atoms with Crippen molar-refractivity contribution in [1.29, 1.82) is 0 Å². The quantitative estimate of drug-likeness (QED) is 0.838. The highest BCUT2D eigenvalue weighted by Gasteiger charge is 2.38. The van der Waals surface area contributed by atoms with Gasteiger partial charge in [0.25, 0.3) is 0 Å². The SMILES string of the molecule is Cc1ccc(Cl)c(C2CCC2C(=O)O)c1. The van der Waals surface area contributed by atoms with Gasteiger partial charge >= 0.3 is 5.97 Å². The minimum Gasteiger partial charge on any atom is -0.481 e. The number of hydrogen-bond acceptors (Lipinski definition) is 1. The molecule has 2 rings (SSSR count). The Labute approximate surface area is 93.9 Å². The molecule has 0 saturated heterocycles. The molecule has 80 valence electrons. The van der Waals surface area contributed by atoms with E-state index in [9.17, 15) is 4.79 Å². The topological polar surface area (TPSA) is 37.3 Å². The second-order valence-electron chi connectivity index (χ2n) is 4.15. The molecule has 1 saturated carbocycles. The average molecular weight is 225 g/mol. The Bertz CT molecular complexity index is 401. The van der Waals surface area contributed by atoms with Crippen LogP contribution in [0, 0.1) is 12.8 Å². The van der Waals surface area contributed by atoms with Crippen LogP contribution in [0.2, 0.25) is 5.02 Å². The molecule has 2 nitrogen and oxygen atoms in total. The summed E-state index contributed by atoms with van der Waals surface area (Å²) < 4.78 is 0. The molecule has 0 bridgehead atoms. The fourth-order valence-electron chi connectivity index (χ4n) is 2.12.